The van der Waals surface area contributed by atoms with Crippen molar-refractivity contribution < 1.29 is 9.47 Å². The number of nitrogens with zero attached hydrogens (tertiary/aromatic N) is 2. The second-order valence-corrected chi connectivity index (χ2v) is 5.22. The minimum Gasteiger partial charge on any atom is -0.480 e. The highest BCUT2D eigenvalue weighted by molar-refractivity contribution is 9.10. The van der Waals surface area contributed by atoms with Crippen molar-refractivity contribution in [1.82, 2.24) is 9.97 Å². The first-order chi connectivity index (χ1) is 9.56. The summed E-state index contributed by atoms with van der Waals surface area (Å²) in [5.74, 6) is 0.697. The highest BCUT2D eigenvalue weighted by atomic mass is 79.9. The van der Waals surface area contributed by atoms with Crippen LogP contribution in [-0.2, 0) is 0 Å². The lowest BCUT2D eigenvalue weighted by Gasteiger charge is -2.15. The average molecular weight is 359 g/mol. The molecule has 1 atom stereocenters. The van der Waals surface area contributed by atoms with Crippen LogP contribution in [0.4, 0.5) is 0 Å². The number of ether oxygens (including phenoxy) is 2. The van der Waals surface area contributed by atoms with E-state index in [9.17, 15) is 0 Å². The zero-order valence-corrected chi connectivity index (χ0v) is 13.3. The summed E-state index contributed by atoms with van der Waals surface area (Å²) in [5, 5.41) is 0.582. The molecule has 0 amide bonds. The quantitative estimate of drug-likeness (QED) is 0.910. The molecule has 106 valence electrons. The maximum absolute atomic E-state index is 6.21. The van der Waals surface area contributed by atoms with Gasteiger partial charge in [-0.2, -0.15) is 4.98 Å². The van der Waals surface area contributed by atoms with Gasteiger partial charge in [0.1, 0.15) is 5.69 Å². The second kappa shape index (κ2) is 6.39. The highest BCUT2D eigenvalue weighted by Gasteiger charge is 2.18. The minimum atomic E-state index is -0.492. The third-order valence-corrected chi connectivity index (χ3v) is 3.98. The lowest BCUT2D eigenvalue weighted by atomic mass is 10.0. The molecule has 0 aliphatic carbocycles. The fourth-order valence-corrected chi connectivity index (χ4v) is 2.13. The van der Waals surface area contributed by atoms with E-state index in [1.165, 1.54) is 20.4 Å². The van der Waals surface area contributed by atoms with Crippen LogP contribution in [0, 0.1) is 0 Å². The molecule has 2 rings (SSSR count). The third-order valence-electron chi connectivity index (χ3n) is 2.74. The maximum atomic E-state index is 6.21. The van der Waals surface area contributed by atoms with Gasteiger partial charge in [0.2, 0.25) is 11.8 Å². The summed E-state index contributed by atoms with van der Waals surface area (Å²) in [5.41, 5.74) is 7.54. The molecule has 1 aromatic carbocycles. The van der Waals surface area contributed by atoms with Crippen molar-refractivity contribution in [2.24, 2.45) is 5.73 Å². The van der Waals surface area contributed by atoms with E-state index < -0.39 is 6.04 Å². The summed E-state index contributed by atoms with van der Waals surface area (Å²) in [6, 6.07) is 4.99. The molecule has 1 heterocycles. The number of hydrogen-bond acceptors (Lipinski definition) is 5. The number of methoxy groups -OCH3 is 2. The Morgan fingerprint density at radius 1 is 1.30 bits per heavy atom. The molecule has 2 aromatic rings. The highest BCUT2D eigenvalue weighted by Crippen LogP contribution is 2.30. The van der Waals surface area contributed by atoms with Gasteiger partial charge in [-0.05, 0) is 33.6 Å². The summed E-state index contributed by atoms with van der Waals surface area (Å²) in [6.45, 7) is 0. The van der Waals surface area contributed by atoms with Crippen molar-refractivity contribution in [3.63, 3.8) is 0 Å². The zero-order valence-electron chi connectivity index (χ0n) is 10.9. The van der Waals surface area contributed by atoms with E-state index in [0.717, 1.165) is 10.0 Å². The van der Waals surface area contributed by atoms with Crippen molar-refractivity contribution in [3.8, 4) is 11.8 Å². The molecule has 2 N–H and O–H groups in total. The summed E-state index contributed by atoms with van der Waals surface area (Å²) < 4.78 is 11.0. The number of nitrogens with two attached hydrogens (primary N) is 1. The van der Waals surface area contributed by atoms with Crippen LogP contribution in [0.15, 0.2) is 28.9 Å². The Balaban J connectivity index is 2.41. The topological polar surface area (TPSA) is 70.3 Å². The van der Waals surface area contributed by atoms with Crippen molar-refractivity contribution in [2.75, 3.05) is 14.2 Å². The molecule has 1 aromatic heterocycles. The van der Waals surface area contributed by atoms with Gasteiger partial charge in [-0.25, -0.2) is 4.98 Å². The van der Waals surface area contributed by atoms with Crippen LogP contribution in [0.2, 0.25) is 5.02 Å². The van der Waals surface area contributed by atoms with Crippen molar-refractivity contribution in [1.29, 1.82) is 0 Å². The fraction of sp³-hybridized carbons (Fsp3) is 0.231. The van der Waals surface area contributed by atoms with E-state index in [-0.39, 0.29) is 0 Å². The molecule has 1 unspecified atom stereocenters. The fourth-order valence-electron chi connectivity index (χ4n) is 1.69. The monoisotopic (exact) mass is 357 g/mol. The Labute approximate surface area is 130 Å². The molecule has 0 radical (unpaired) electrons. The number of aromatic nitrogens is 2. The standard InChI is InChI=1S/C13H13BrClN3O2/c1-19-10-6-17-12(13(18-10)20-2)11(16)7-3-4-8(14)9(15)5-7/h3-6,11H,16H2,1-2H3. The van der Waals surface area contributed by atoms with Gasteiger partial charge in [0.25, 0.3) is 0 Å². The van der Waals surface area contributed by atoms with Crippen LogP contribution in [0.25, 0.3) is 0 Å². The Morgan fingerprint density at radius 2 is 2.05 bits per heavy atom. The van der Waals surface area contributed by atoms with Crippen LogP contribution in [-0.4, -0.2) is 24.2 Å². The van der Waals surface area contributed by atoms with Crippen molar-refractivity contribution >= 4 is 27.5 Å². The van der Waals surface area contributed by atoms with E-state index in [1.54, 1.807) is 6.07 Å². The van der Waals surface area contributed by atoms with E-state index in [1.807, 2.05) is 12.1 Å². The average Bonchev–Trinajstić information content (AvgIpc) is 2.48. The first kappa shape index (κ1) is 15.0. The molecule has 0 aliphatic rings. The van der Waals surface area contributed by atoms with E-state index in [4.69, 9.17) is 26.8 Å². The van der Waals surface area contributed by atoms with E-state index >= 15 is 0 Å². The van der Waals surface area contributed by atoms with Crippen molar-refractivity contribution in [2.45, 2.75) is 6.04 Å². The Hall–Kier alpha value is -1.37. The lowest BCUT2D eigenvalue weighted by molar-refractivity contribution is 0.355. The largest absolute Gasteiger partial charge is 0.480 e. The summed E-state index contributed by atoms with van der Waals surface area (Å²) >= 11 is 9.42. The van der Waals surface area contributed by atoms with Crippen LogP contribution in [0.3, 0.4) is 0 Å². The summed E-state index contributed by atoms with van der Waals surface area (Å²) in [7, 11) is 3.02. The molecular weight excluding hydrogens is 346 g/mol. The maximum Gasteiger partial charge on any atom is 0.240 e. The molecule has 0 saturated heterocycles. The van der Waals surface area contributed by atoms with Crippen LogP contribution < -0.4 is 15.2 Å². The predicted molar refractivity (Wildman–Crippen MR) is 80.3 cm³/mol. The predicted octanol–water partition coefficient (Wildman–Crippen LogP) is 2.96. The number of benzene rings is 1. The third kappa shape index (κ3) is 3.03. The van der Waals surface area contributed by atoms with Crippen LogP contribution >= 0.6 is 27.5 Å². The summed E-state index contributed by atoms with van der Waals surface area (Å²) in [4.78, 5) is 8.42. The minimum absolute atomic E-state index is 0.330. The first-order valence-corrected chi connectivity index (χ1v) is 6.89. The molecule has 7 heteroatoms. The van der Waals surface area contributed by atoms with Gasteiger partial charge in [-0.1, -0.05) is 17.7 Å². The first-order valence-electron chi connectivity index (χ1n) is 5.72. The molecule has 0 bridgehead atoms. The molecule has 5 nitrogen and oxygen atoms in total. The Kier molecular flexibility index (Phi) is 4.80. The number of hydrogen-bond donors (Lipinski definition) is 1. The van der Waals surface area contributed by atoms with Gasteiger partial charge < -0.3 is 15.2 Å². The van der Waals surface area contributed by atoms with Gasteiger partial charge in [0.05, 0.1) is 31.5 Å². The molecular formula is C13H13BrClN3O2. The summed E-state index contributed by atoms with van der Waals surface area (Å²) in [6.07, 6.45) is 1.50. The Morgan fingerprint density at radius 3 is 2.65 bits per heavy atom. The van der Waals surface area contributed by atoms with Gasteiger partial charge in [-0.15, -0.1) is 0 Å². The van der Waals surface area contributed by atoms with Gasteiger partial charge in [0.15, 0.2) is 0 Å². The Bertz CT molecular complexity index is 625. The number of halogens is 2. The molecule has 0 spiro atoms. The van der Waals surface area contributed by atoms with Gasteiger partial charge >= 0.3 is 0 Å². The normalized spacial score (nSPS) is 12.1. The van der Waals surface area contributed by atoms with E-state index in [0.29, 0.717) is 22.5 Å². The second-order valence-electron chi connectivity index (χ2n) is 3.96. The molecule has 0 aliphatic heterocycles. The lowest BCUT2D eigenvalue weighted by Crippen LogP contribution is -2.15. The molecule has 20 heavy (non-hydrogen) atoms. The smallest absolute Gasteiger partial charge is 0.240 e. The van der Waals surface area contributed by atoms with Gasteiger partial charge in [0, 0.05) is 4.47 Å². The zero-order chi connectivity index (χ0) is 14.7. The van der Waals surface area contributed by atoms with Crippen LogP contribution in [0.1, 0.15) is 17.3 Å². The van der Waals surface area contributed by atoms with Gasteiger partial charge in [-0.3, -0.25) is 0 Å². The molecule has 0 fully saturated rings. The van der Waals surface area contributed by atoms with Crippen LogP contribution in [0.5, 0.6) is 11.8 Å². The SMILES string of the molecule is COc1cnc(C(N)c2ccc(Br)c(Cl)c2)c(OC)n1. The number of rotatable bonds is 4. The van der Waals surface area contributed by atoms with Crippen molar-refractivity contribution in [3.05, 3.63) is 45.1 Å². The van der Waals surface area contributed by atoms with E-state index in [2.05, 4.69) is 25.9 Å². The molecule has 0 saturated carbocycles.